The molecule has 1 aromatic heterocycles. The Bertz CT molecular complexity index is 680. The minimum atomic E-state index is -3.44. The first-order chi connectivity index (χ1) is 9.50. The number of aromatic nitrogens is 2. The van der Waals surface area contributed by atoms with Crippen molar-refractivity contribution in [2.24, 2.45) is 7.05 Å². The normalized spacial score (nSPS) is 11.7. The molecule has 20 heavy (non-hydrogen) atoms. The molecule has 0 radical (unpaired) electrons. The second-order valence-electron chi connectivity index (χ2n) is 4.51. The van der Waals surface area contributed by atoms with Crippen molar-refractivity contribution < 1.29 is 13.5 Å². The topological polar surface area (TPSA) is 84.2 Å². The summed E-state index contributed by atoms with van der Waals surface area (Å²) in [4.78, 5) is 4.06. The van der Waals surface area contributed by atoms with Crippen molar-refractivity contribution in [2.75, 3.05) is 0 Å². The lowest BCUT2D eigenvalue weighted by Gasteiger charge is -2.07. The minimum Gasteiger partial charge on any atom is -0.392 e. The summed E-state index contributed by atoms with van der Waals surface area (Å²) in [6.45, 7) is 0.0557. The van der Waals surface area contributed by atoms with Crippen LogP contribution in [0.3, 0.4) is 0 Å². The number of rotatable bonds is 6. The van der Waals surface area contributed by atoms with Crippen molar-refractivity contribution in [3.05, 3.63) is 53.6 Å². The maximum atomic E-state index is 12.0. The molecular formula is C13H17N3O3S. The molecule has 108 valence electrons. The molecule has 2 rings (SSSR count). The molecule has 6 nitrogen and oxygen atoms in total. The van der Waals surface area contributed by atoms with Crippen molar-refractivity contribution in [3.8, 4) is 0 Å². The molecule has 0 aliphatic rings. The highest BCUT2D eigenvalue weighted by atomic mass is 32.2. The van der Waals surface area contributed by atoms with E-state index in [0.29, 0.717) is 17.0 Å². The number of imidazole rings is 1. The number of sulfonamides is 1. The van der Waals surface area contributed by atoms with Gasteiger partial charge in [0.25, 0.3) is 0 Å². The monoisotopic (exact) mass is 295 g/mol. The molecule has 0 saturated heterocycles. The molecule has 2 aromatic rings. The lowest BCUT2D eigenvalue weighted by atomic mass is 10.1. The molecule has 7 heteroatoms. The van der Waals surface area contributed by atoms with E-state index in [-0.39, 0.29) is 18.9 Å². The van der Waals surface area contributed by atoms with E-state index in [1.54, 1.807) is 48.3 Å². The Morgan fingerprint density at radius 1 is 1.35 bits per heavy atom. The van der Waals surface area contributed by atoms with E-state index in [2.05, 4.69) is 9.71 Å². The number of aryl methyl sites for hydroxylation is 1. The van der Waals surface area contributed by atoms with Crippen LogP contribution in [-0.4, -0.2) is 23.1 Å². The maximum Gasteiger partial charge on any atom is 0.216 e. The van der Waals surface area contributed by atoms with E-state index in [9.17, 15) is 8.42 Å². The number of nitrogens with zero attached hydrogens (tertiary/aromatic N) is 2. The van der Waals surface area contributed by atoms with Crippen LogP contribution < -0.4 is 4.72 Å². The zero-order valence-electron chi connectivity index (χ0n) is 11.2. The van der Waals surface area contributed by atoms with Gasteiger partial charge in [-0.1, -0.05) is 24.3 Å². The fourth-order valence-electron chi connectivity index (χ4n) is 1.83. The van der Waals surface area contributed by atoms with Crippen molar-refractivity contribution in [2.45, 2.75) is 18.9 Å². The predicted molar refractivity (Wildman–Crippen MR) is 75.0 cm³/mol. The maximum absolute atomic E-state index is 12.0. The van der Waals surface area contributed by atoms with Gasteiger partial charge in [-0.05, 0) is 11.1 Å². The Balaban J connectivity index is 2.02. The number of hydrogen-bond acceptors (Lipinski definition) is 4. The van der Waals surface area contributed by atoms with Gasteiger partial charge < -0.3 is 9.67 Å². The summed E-state index contributed by atoms with van der Waals surface area (Å²) >= 11 is 0. The van der Waals surface area contributed by atoms with Gasteiger partial charge in [-0.3, -0.25) is 0 Å². The zero-order valence-corrected chi connectivity index (χ0v) is 12.0. The third kappa shape index (κ3) is 3.89. The van der Waals surface area contributed by atoms with Gasteiger partial charge in [-0.2, -0.15) is 0 Å². The van der Waals surface area contributed by atoms with Gasteiger partial charge in [0.2, 0.25) is 10.0 Å². The largest absolute Gasteiger partial charge is 0.392 e. The number of benzene rings is 1. The average molecular weight is 295 g/mol. The lowest BCUT2D eigenvalue weighted by Crippen LogP contribution is -2.26. The van der Waals surface area contributed by atoms with Crippen LogP contribution >= 0.6 is 0 Å². The molecule has 0 unspecified atom stereocenters. The molecule has 0 atom stereocenters. The Morgan fingerprint density at radius 2 is 2.10 bits per heavy atom. The van der Waals surface area contributed by atoms with Crippen molar-refractivity contribution >= 4 is 10.0 Å². The average Bonchev–Trinajstić information content (AvgIpc) is 2.82. The van der Waals surface area contributed by atoms with Crippen LogP contribution in [0.5, 0.6) is 0 Å². The van der Waals surface area contributed by atoms with Crippen molar-refractivity contribution in [3.63, 3.8) is 0 Å². The summed E-state index contributed by atoms with van der Waals surface area (Å²) in [6, 6.07) is 6.88. The number of nitrogens with one attached hydrogen (secondary N) is 1. The minimum absolute atomic E-state index is 0.103. The molecule has 1 heterocycles. The van der Waals surface area contributed by atoms with Gasteiger partial charge in [0.05, 0.1) is 18.9 Å². The van der Waals surface area contributed by atoms with Gasteiger partial charge >= 0.3 is 0 Å². The summed E-state index contributed by atoms with van der Waals surface area (Å²) in [5.74, 6) is 0.531. The highest BCUT2D eigenvalue weighted by molar-refractivity contribution is 7.88. The highest BCUT2D eigenvalue weighted by Crippen LogP contribution is 2.09. The van der Waals surface area contributed by atoms with Crippen LogP contribution in [0, 0.1) is 0 Å². The van der Waals surface area contributed by atoms with E-state index in [1.165, 1.54) is 0 Å². The van der Waals surface area contributed by atoms with Gasteiger partial charge in [0, 0.05) is 19.4 Å². The quantitative estimate of drug-likeness (QED) is 0.814. The van der Waals surface area contributed by atoms with Crippen LogP contribution in [0.1, 0.15) is 17.0 Å². The third-order valence-electron chi connectivity index (χ3n) is 2.90. The fourth-order valence-corrected chi connectivity index (χ4v) is 2.90. The zero-order chi connectivity index (χ0) is 14.6. The van der Waals surface area contributed by atoms with Crippen LogP contribution in [-0.2, 0) is 36.0 Å². The third-order valence-corrected chi connectivity index (χ3v) is 4.20. The number of aliphatic hydroxyl groups excluding tert-OH is 1. The van der Waals surface area contributed by atoms with Gasteiger partial charge in [-0.25, -0.2) is 18.1 Å². The standard InChI is InChI=1S/C13H17N3O3S/c1-16-6-5-14-13(16)8-15-20(18,19)10-12-4-2-3-11(7-12)9-17/h2-7,15,17H,8-10H2,1H3. The van der Waals surface area contributed by atoms with Crippen LogP contribution in [0.2, 0.25) is 0 Å². The Morgan fingerprint density at radius 3 is 2.75 bits per heavy atom. The van der Waals surface area contributed by atoms with E-state index in [1.807, 2.05) is 0 Å². The molecule has 0 aliphatic carbocycles. The molecule has 0 fully saturated rings. The summed E-state index contributed by atoms with van der Waals surface area (Å²) < 4.78 is 28.3. The summed E-state index contributed by atoms with van der Waals surface area (Å²) in [5.41, 5.74) is 1.34. The van der Waals surface area contributed by atoms with Gasteiger partial charge in [0.15, 0.2) is 0 Å². The van der Waals surface area contributed by atoms with Crippen LogP contribution in [0.25, 0.3) is 0 Å². The number of aliphatic hydroxyl groups is 1. The van der Waals surface area contributed by atoms with Crippen molar-refractivity contribution in [1.82, 2.24) is 14.3 Å². The number of hydrogen-bond donors (Lipinski definition) is 2. The first-order valence-electron chi connectivity index (χ1n) is 6.12. The smallest absolute Gasteiger partial charge is 0.216 e. The van der Waals surface area contributed by atoms with E-state index in [4.69, 9.17) is 5.11 Å². The van der Waals surface area contributed by atoms with E-state index >= 15 is 0 Å². The second-order valence-corrected chi connectivity index (χ2v) is 6.32. The fraction of sp³-hybridized carbons (Fsp3) is 0.308. The Kier molecular flexibility index (Phi) is 4.53. The van der Waals surface area contributed by atoms with E-state index < -0.39 is 10.0 Å². The molecule has 0 spiro atoms. The molecular weight excluding hydrogens is 278 g/mol. The Labute approximate surface area is 118 Å². The van der Waals surface area contributed by atoms with Crippen LogP contribution in [0.15, 0.2) is 36.7 Å². The SMILES string of the molecule is Cn1ccnc1CNS(=O)(=O)Cc1cccc(CO)c1. The molecule has 0 aliphatic heterocycles. The molecule has 0 saturated carbocycles. The lowest BCUT2D eigenvalue weighted by molar-refractivity contribution is 0.282. The predicted octanol–water partition coefficient (Wildman–Crippen LogP) is 0.532. The van der Waals surface area contributed by atoms with E-state index in [0.717, 1.165) is 0 Å². The van der Waals surface area contributed by atoms with Gasteiger partial charge in [0.1, 0.15) is 5.82 Å². The van der Waals surface area contributed by atoms with Crippen LogP contribution in [0.4, 0.5) is 0 Å². The highest BCUT2D eigenvalue weighted by Gasteiger charge is 2.12. The summed E-state index contributed by atoms with van der Waals surface area (Å²) in [5, 5.41) is 9.04. The summed E-state index contributed by atoms with van der Waals surface area (Å²) in [6.07, 6.45) is 3.38. The molecule has 2 N–H and O–H groups in total. The summed E-state index contributed by atoms with van der Waals surface area (Å²) in [7, 11) is -1.63. The Hall–Kier alpha value is -1.70. The van der Waals surface area contributed by atoms with Crippen molar-refractivity contribution in [1.29, 1.82) is 0 Å². The first-order valence-corrected chi connectivity index (χ1v) is 7.77. The molecule has 1 aromatic carbocycles. The second kappa shape index (κ2) is 6.17. The molecule has 0 amide bonds. The van der Waals surface area contributed by atoms with Gasteiger partial charge in [-0.15, -0.1) is 0 Å². The first kappa shape index (κ1) is 14.7. The molecule has 0 bridgehead atoms.